The largest absolute Gasteiger partial charge is 0.508 e. The Labute approximate surface area is 176 Å². The van der Waals surface area contributed by atoms with E-state index in [2.05, 4.69) is 10.6 Å². The van der Waals surface area contributed by atoms with Crippen molar-refractivity contribution in [2.45, 2.75) is 58.7 Å². The van der Waals surface area contributed by atoms with Crippen molar-refractivity contribution in [2.75, 3.05) is 6.61 Å². The number of aromatic hydroxyl groups is 1. The lowest BCUT2D eigenvalue weighted by Crippen LogP contribution is -2.56. The molecule has 0 heterocycles. The van der Waals surface area contributed by atoms with E-state index in [-0.39, 0.29) is 24.7 Å². The highest BCUT2D eigenvalue weighted by molar-refractivity contribution is 6.01. The average molecular weight is 421 g/mol. The van der Waals surface area contributed by atoms with E-state index in [1.165, 1.54) is 19.1 Å². The van der Waals surface area contributed by atoms with E-state index in [4.69, 9.17) is 10.5 Å². The van der Waals surface area contributed by atoms with Crippen LogP contribution in [0.15, 0.2) is 24.3 Å². The third-order valence-electron chi connectivity index (χ3n) is 4.36. The third-order valence-corrected chi connectivity index (χ3v) is 4.36. The standard InChI is InChI=1S/C21H31N3O6/c1-5-30-18(27)11-17(26)19(12(2)3)24-21(29)16(23-20(28)13(4)22)10-14-6-8-15(25)9-7-14/h6-9,12-13,16,19,25H,5,10-11,22H2,1-4H3,(H,23,28)(H,24,29)/t13-,16-,19-/m0/s1. The van der Waals surface area contributed by atoms with E-state index < -0.39 is 48.1 Å². The van der Waals surface area contributed by atoms with Gasteiger partial charge in [0.25, 0.3) is 0 Å². The van der Waals surface area contributed by atoms with Crippen LogP contribution in [0, 0.1) is 5.92 Å². The van der Waals surface area contributed by atoms with Crippen molar-refractivity contribution in [3.8, 4) is 5.75 Å². The van der Waals surface area contributed by atoms with Crippen LogP contribution in [0.1, 0.15) is 39.7 Å². The number of phenols is 1. The minimum atomic E-state index is -0.996. The molecule has 3 atom stereocenters. The van der Waals surface area contributed by atoms with Crippen LogP contribution in [0.4, 0.5) is 0 Å². The topological polar surface area (TPSA) is 148 Å². The molecule has 0 aliphatic rings. The Balaban J connectivity index is 2.98. The first-order valence-electron chi connectivity index (χ1n) is 9.87. The van der Waals surface area contributed by atoms with Gasteiger partial charge in [0.15, 0.2) is 5.78 Å². The van der Waals surface area contributed by atoms with Gasteiger partial charge in [-0.15, -0.1) is 0 Å². The number of nitrogens with one attached hydrogen (secondary N) is 2. The second kappa shape index (κ2) is 11.9. The van der Waals surface area contributed by atoms with Crippen molar-refractivity contribution >= 4 is 23.6 Å². The van der Waals surface area contributed by atoms with Crippen molar-refractivity contribution in [1.82, 2.24) is 10.6 Å². The summed E-state index contributed by atoms with van der Waals surface area (Å²) in [5.41, 5.74) is 6.29. The van der Waals surface area contributed by atoms with Gasteiger partial charge >= 0.3 is 5.97 Å². The van der Waals surface area contributed by atoms with E-state index in [1.807, 2.05) is 0 Å². The van der Waals surface area contributed by atoms with E-state index in [0.717, 1.165) is 0 Å². The Hall–Kier alpha value is -2.94. The van der Waals surface area contributed by atoms with Gasteiger partial charge in [-0.1, -0.05) is 26.0 Å². The highest BCUT2D eigenvalue weighted by atomic mass is 16.5. The number of esters is 1. The molecule has 0 bridgehead atoms. The monoisotopic (exact) mass is 421 g/mol. The summed E-state index contributed by atoms with van der Waals surface area (Å²) in [5.74, 6) is -2.44. The molecule has 0 fully saturated rings. The van der Waals surface area contributed by atoms with Gasteiger partial charge in [-0.2, -0.15) is 0 Å². The van der Waals surface area contributed by atoms with Gasteiger partial charge in [0.1, 0.15) is 18.2 Å². The van der Waals surface area contributed by atoms with Gasteiger partial charge in [-0.05, 0) is 37.5 Å². The molecule has 0 aliphatic carbocycles. The second-order valence-corrected chi connectivity index (χ2v) is 7.40. The molecule has 0 unspecified atom stereocenters. The second-order valence-electron chi connectivity index (χ2n) is 7.40. The summed E-state index contributed by atoms with van der Waals surface area (Å²) in [6, 6.07) is 3.45. The van der Waals surface area contributed by atoms with Crippen LogP contribution in [0.5, 0.6) is 5.75 Å². The smallest absolute Gasteiger partial charge is 0.313 e. The fraction of sp³-hybridized carbons (Fsp3) is 0.524. The lowest BCUT2D eigenvalue weighted by molar-refractivity contribution is -0.146. The van der Waals surface area contributed by atoms with Crippen LogP contribution in [0.3, 0.4) is 0 Å². The van der Waals surface area contributed by atoms with Gasteiger partial charge in [0.05, 0.1) is 18.7 Å². The molecule has 166 valence electrons. The summed E-state index contributed by atoms with van der Waals surface area (Å²) in [6.07, 6.45) is -0.326. The molecule has 0 saturated heterocycles. The Kier molecular flexibility index (Phi) is 9.97. The van der Waals surface area contributed by atoms with Gasteiger partial charge < -0.3 is 26.2 Å². The average Bonchev–Trinajstić information content (AvgIpc) is 2.66. The van der Waals surface area contributed by atoms with Gasteiger partial charge in [-0.25, -0.2) is 0 Å². The van der Waals surface area contributed by atoms with E-state index in [1.54, 1.807) is 32.9 Å². The zero-order valence-electron chi connectivity index (χ0n) is 17.8. The summed E-state index contributed by atoms with van der Waals surface area (Å²) in [7, 11) is 0. The molecule has 1 aromatic rings. The highest BCUT2D eigenvalue weighted by Gasteiger charge is 2.30. The Bertz CT molecular complexity index is 746. The number of hydrogen-bond donors (Lipinski definition) is 4. The number of benzene rings is 1. The number of Topliss-reactive ketones (excluding diaryl/α,β-unsaturated/α-hetero) is 1. The molecule has 0 spiro atoms. The molecular weight excluding hydrogens is 390 g/mol. The zero-order chi connectivity index (χ0) is 22.8. The molecule has 9 heteroatoms. The number of carbonyl (C=O) groups excluding carboxylic acids is 4. The Morgan fingerprint density at radius 3 is 2.13 bits per heavy atom. The fourth-order valence-electron chi connectivity index (χ4n) is 2.72. The SMILES string of the molecule is CCOC(=O)CC(=O)[C@@H](NC(=O)[C@H](Cc1ccc(O)cc1)NC(=O)[C@H](C)N)C(C)C. The molecule has 0 aromatic heterocycles. The Morgan fingerprint density at radius 1 is 1.03 bits per heavy atom. The number of phenolic OH excluding ortho intramolecular Hbond substituents is 1. The van der Waals surface area contributed by atoms with Crippen LogP contribution >= 0.6 is 0 Å². The van der Waals surface area contributed by atoms with Crippen LogP contribution in [0.2, 0.25) is 0 Å². The minimum Gasteiger partial charge on any atom is -0.508 e. The van der Waals surface area contributed by atoms with Crippen LogP contribution < -0.4 is 16.4 Å². The summed E-state index contributed by atoms with van der Waals surface area (Å²) >= 11 is 0. The predicted octanol–water partition coefficient (Wildman–Crippen LogP) is 0.430. The number of hydrogen-bond acceptors (Lipinski definition) is 7. The number of ketones is 1. The summed E-state index contributed by atoms with van der Waals surface area (Å²) < 4.78 is 4.80. The number of carbonyl (C=O) groups is 4. The van der Waals surface area contributed by atoms with Gasteiger partial charge in [0, 0.05) is 6.42 Å². The minimum absolute atomic E-state index is 0.0730. The van der Waals surface area contributed by atoms with Crippen molar-refractivity contribution in [3.63, 3.8) is 0 Å². The molecule has 30 heavy (non-hydrogen) atoms. The van der Waals surface area contributed by atoms with Crippen LogP contribution in [-0.4, -0.2) is 53.4 Å². The maximum Gasteiger partial charge on any atom is 0.313 e. The first kappa shape index (κ1) is 25.1. The molecule has 0 saturated carbocycles. The molecule has 0 radical (unpaired) electrons. The van der Waals surface area contributed by atoms with Gasteiger partial charge in [0.2, 0.25) is 11.8 Å². The number of nitrogens with two attached hydrogens (primary N) is 1. The first-order chi connectivity index (χ1) is 14.0. The molecule has 1 aromatic carbocycles. The highest BCUT2D eigenvalue weighted by Crippen LogP contribution is 2.13. The van der Waals surface area contributed by atoms with E-state index in [0.29, 0.717) is 5.56 Å². The first-order valence-corrected chi connectivity index (χ1v) is 9.87. The quantitative estimate of drug-likeness (QED) is 0.299. The third kappa shape index (κ3) is 8.20. The molecular formula is C21H31N3O6. The lowest BCUT2D eigenvalue weighted by atomic mass is 9.96. The summed E-state index contributed by atoms with van der Waals surface area (Å²) in [4.78, 5) is 49.2. The van der Waals surface area contributed by atoms with Crippen LogP contribution in [-0.2, 0) is 30.3 Å². The number of rotatable bonds is 11. The number of amides is 2. The van der Waals surface area contributed by atoms with Crippen LogP contribution in [0.25, 0.3) is 0 Å². The summed E-state index contributed by atoms with van der Waals surface area (Å²) in [5, 5.41) is 14.6. The van der Waals surface area contributed by atoms with Crippen molar-refractivity contribution in [1.29, 1.82) is 0 Å². The fourth-order valence-corrected chi connectivity index (χ4v) is 2.72. The van der Waals surface area contributed by atoms with Crippen molar-refractivity contribution in [3.05, 3.63) is 29.8 Å². The normalized spacial score (nSPS) is 13.8. The summed E-state index contributed by atoms with van der Waals surface area (Å²) in [6.45, 7) is 6.76. The molecule has 5 N–H and O–H groups in total. The molecule has 9 nitrogen and oxygen atoms in total. The van der Waals surface area contributed by atoms with Crippen molar-refractivity contribution in [2.24, 2.45) is 11.7 Å². The van der Waals surface area contributed by atoms with E-state index >= 15 is 0 Å². The Morgan fingerprint density at radius 2 is 1.63 bits per heavy atom. The predicted molar refractivity (Wildman–Crippen MR) is 110 cm³/mol. The maximum atomic E-state index is 12.9. The molecule has 2 amide bonds. The molecule has 0 aliphatic heterocycles. The van der Waals surface area contributed by atoms with E-state index in [9.17, 15) is 24.3 Å². The molecule has 1 rings (SSSR count). The van der Waals surface area contributed by atoms with Gasteiger partial charge in [-0.3, -0.25) is 19.2 Å². The van der Waals surface area contributed by atoms with Crippen molar-refractivity contribution < 1.29 is 29.0 Å². The zero-order valence-corrected chi connectivity index (χ0v) is 17.8. The maximum absolute atomic E-state index is 12.9. The lowest BCUT2D eigenvalue weighted by Gasteiger charge is -2.25. The number of ether oxygens (including phenoxy) is 1.